The summed E-state index contributed by atoms with van der Waals surface area (Å²) < 4.78 is 42.8. The van der Waals surface area contributed by atoms with Crippen LogP contribution in [0.15, 0.2) is 6.20 Å². The normalized spacial score (nSPS) is 10.6. The quantitative estimate of drug-likeness (QED) is 0.826. The van der Waals surface area contributed by atoms with Crippen molar-refractivity contribution in [3.63, 3.8) is 0 Å². The molecule has 2 N–H and O–H groups in total. The number of rotatable bonds is 4. The van der Waals surface area contributed by atoms with E-state index in [1.807, 2.05) is 0 Å². The largest absolute Gasteiger partial charge is 0.466 e. The molecule has 0 saturated carbocycles. The van der Waals surface area contributed by atoms with E-state index in [1.54, 1.807) is 6.92 Å². The lowest BCUT2D eigenvalue weighted by atomic mass is 10.1. The van der Waals surface area contributed by atoms with Crippen molar-refractivity contribution in [2.24, 2.45) is 0 Å². The number of aromatic nitrogens is 1. The molecule has 7 heteroatoms. The minimum Gasteiger partial charge on any atom is -0.466 e. The molecule has 0 amide bonds. The number of halogens is 3. The lowest BCUT2D eigenvalue weighted by Gasteiger charge is -2.08. The van der Waals surface area contributed by atoms with Crippen molar-refractivity contribution >= 4 is 11.7 Å². The summed E-state index contributed by atoms with van der Waals surface area (Å²) in [5, 5.41) is 0. The molecular weight excluding hydrogens is 237 g/mol. The Morgan fingerprint density at radius 3 is 2.76 bits per heavy atom. The first-order chi connectivity index (χ1) is 7.97. The van der Waals surface area contributed by atoms with Crippen LogP contribution in [0.25, 0.3) is 0 Å². The highest BCUT2D eigenvalue weighted by molar-refractivity contribution is 5.72. The average Bonchev–Trinajstić information content (AvgIpc) is 2.25. The molecule has 0 fully saturated rings. The molecule has 1 aromatic rings. The first kappa shape index (κ1) is 13.3. The van der Waals surface area contributed by atoms with Crippen LogP contribution < -0.4 is 5.73 Å². The van der Waals surface area contributed by atoms with Gasteiger partial charge in [-0.25, -0.2) is 13.2 Å². The standard InChI is InChI=1S/C10H11F3N2O2/c1-2-17-7(16)3-6-8(11)9(14)5(4-15-6)10(12)13/h4,10H,2-3H2,1H3,(H2,14,15). The Hall–Kier alpha value is -1.79. The number of esters is 1. The zero-order valence-corrected chi connectivity index (χ0v) is 9.04. The highest BCUT2D eigenvalue weighted by atomic mass is 19.3. The SMILES string of the molecule is CCOC(=O)Cc1ncc(C(F)F)c(N)c1F. The Balaban J connectivity index is 2.96. The summed E-state index contributed by atoms with van der Waals surface area (Å²) >= 11 is 0. The van der Waals surface area contributed by atoms with E-state index in [0.717, 1.165) is 6.20 Å². The van der Waals surface area contributed by atoms with Gasteiger partial charge >= 0.3 is 5.97 Å². The Morgan fingerprint density at radius 1 is 1.59 bits per heavy atom. The van der Waals surface area contributed by atoms with Gasteiger partial charge in [-0.2, -0.15) is 0 Å². The van der Waals surface area contributed by atoms with E-state index >= 15 is 0 Å². The molecule has 94 valence electrons. The van der Waals surface area contributed by atoms with Crippen LogP contribution in [-0.4, -0.2) is 17.6 Å². The number of carbonyl (C=O) groups excluding carboxylic acids is 1. The van der Waals surface area contributed by atoms with Crippen LogP contribution in [0.3, 0.4) is 0 Å². The molecule has 0 aromatic carbocycles. The van der Waals surface area contributed by atoms with Crippen LogP contribution in [0.4, 0.5) is 18.9 Å². The van der Waals surface area contributed by atoms with Crippen molar-refractivity contribution in [1.29, 1.82) is 0 Å². The molecule has 0 unspecified atom stereocenters. The zero-order valence-electron chi connectivity index (χ0n) is 9.04. The third kappa shape index (κ3) is 3.08. The summed E-state index contributed by atoms with van der Waals surface area (Å²) in [5.74, 6) is -1.79. The van der Waals surface area contributed by atoms with Gasteiger partial charge in [0.05, 0.1) is 30.0 Å². The van der Waals surface area contributed by atoms with Gasteiger partial charge < -0.3 is 10.5 Å². The van der Waals surface area contributed by atoms with Gasteiger partial charge in [-0.3, -0.25) is 9.78 Å². The summed E-state index contributed by atoms with van der Waals surface area (Å²) in [5.41, 5.74) is 3.52. The van der Waals surface area contributed by atoms with E-state index in [9.17, 15) is 18.0 Å². The molecule has 4 nitrogen and oxygen atoms in total. The number of alkyl halides is 2. The van der Waals surface area contributed by atoms with Crippen molar-refractivity contribution in [2.45, 2.75) is 19.8 Å². The molecule has 0 radical (unpaired) electrons. The molecule has 17 heavy (non-hydrogen) atoms. The van der Waals surface area contributed by atoms with Crippen molar-refractivity contribution < 1.29 is 22.7 Å². The molecular formula is C10H11F3N2O2. The van der Waals surface area contributed by atoms with Gasteiger partial charge in [0, 0.05) is 6.20 Å². The second-order valence-corrected chi connectivity index (χ2v) is 3.17. The Morgan fingerprint density at radius 2 is 2.24 bits per heavy atom. The molecule has 1 rings (SSSR count). The highest BCUT2D eigenvalue weighted by Crippen LogP contribution is 2.27. The molecule has 0 bridgehead atoms. The van der Waals surface area contributed by atoms with Crippen LogP contribution in [0, 0.1) is 5.82 Å². The van der Waals surface area contributed by atoms with Crippen molar-refractivity contribution in [3.05, 3.63) is 23.3 Å². The summed E-state index contributed by atoms with van der Waals surface area (Å²) in [6.07, 6.45) is -2.58. The fourth-order valence-corrected chi connectivity index (χ4v) is 1.20. The number of ether oxygens (including phenoxy) is 1. The average molecular weight is 248 g/mol. The van der Waals surface area contributed by atoms with E-state index in [0.29, 0.717) is 0 Å². The van der Waals surface area contributed by atoms with E-state index < -0.39 is 35.9 Å². The fraction of sp³-hybridized carbons (Fsp3) is 0.400. The lowest BCUT2D eigenvalue weighted by molar-refractivity contribution is -0.142. The van der Waals surface area contributed by atoms with E-state index in [-0.39, 0.29) is 12.3 Å². The minimum atomic E-state index is -2.91. The number of pyridine rings is 1. The maximum Gasteiger partial charge on any atom is 0.311 e. The summed E-state index contributed by atoms with van der Waals surface area (Å²) in [6.45, 7) is 1.74. The second kappa shape index (κ2) is 5.51. The van der Waals surface area contributed by atoms with Gasteiger partial charge in [-0.1, -0.05) is 0 Å². The van der Waals surface area contributed by atoms with Crippen molar-refractivity contribution in [1.82, 2.24) is 4.98 Å². The Kier molecular flexibility index (Phi) is 4.30. The third-order valence-electron chi connectivity index (χ3n) is 2.01. The number of nitrogens with zero attached hydrogens (tertiary/aromatic N) is 1. The first-order valence-corrected chi connectivity index (χ1v) is 4.83. The number of nitrogens with two attached hydrogens (primary N) is 1. The second-order valence-electron chi connectivity index (χ2n) is 3.17. The monoisotopic (exact) mass is 248 g/mol. The minimum absolute atomic E-state index is 0.144. The van der Waals surface area contributed by atoms with Gasteiger partial charge in [0.2, 0.25) is 0 Å². The first-order valence-electron chi connectivity index (χ1n) is 4.83. The molecule has 1 heterocycles. The maximum atomic E-state index is 13.5. The molecule has 0 spiro atoms. The van der Waals surface area contributed by atoms with Gasteiger partial charge in [0.1, 0.15) is 0 Å². The molecule has 1 aromatic heterocycles. The molecule has 0 aliphatic rings. The maximum absolute atomic E-state index is 13.5. The van der Waals surface area contributed by atoms with E-state index in [4.69, 9.17) is 5.73 Å². The topological polar surface area (TPSA) is 65.2 Å². The van der Waals surface area contributed by atoms with Crippen molar-refractivity contribution in [3.8, 4) is 0 Å². The fourth-order valence-electron chi connectivity index (χ4n) is 1.20. The predicted molar refractivity (Wildman–Crippen MR) is 53.9 cm³/mol. The van der Waals surface area contributed by atoms with Crippen LogP contribution in [0.5, 0.6) is 0 Å². The third-order valence-corrected chi connectivity index (χ3v) is 2.01. The molecule has 0 aliphatic heterocycles. The number of nitrogen functional groups attached to an aromatic ring is 1. The summed E-state index contributed by atoms with van der Waals surface area (Å²) in [4.78, 5) is 14.5. The Bertz CT molecular complexity index is 424. The van der Waals surface area contributed by atoms with Crippen molar-refractivity contribution in [2.75, 3.05) is 12.3 Å². The lowest BCUT2D eigenvalue weighted by Crippen LogP contribution is -2.12. The summed E-state index contributed by atoms with van der Waals surface area (Å²) in [6, 6.07) is 0. The highest BCUT2D eigenvalue weighted by Gasteiger charge is 2.20. The number of anilines is 1. The molecule has 0 saturated heterocycles. The molecule has 0 aliphatic carbocycles. The predicted octanol–water partition coefficient (Wildman–Crippen LogP) is 1.85. The number of hydrogen-bond donors (Lipinski definition) is 1. The van der Waals surface area contributed by atoms with Crippen LogP contribution in [0.1, 0.15) is 24.6 Å². The Labute approximate surface area is 95.6 Å². The van der Waals surface area contributed by atoms with Gasteiger partial charge in [0.15, 0.2) is 5.82 Å². The van der Waals surface area contributed by atoms with E-state index in [1.165, 1.54) is 0 Å². The van der Waals surface area contributed by atoms with Gasteiger partial charge in [-0.05, 0) is 6.92 Å². The smallest absolute Gasteiger partial charge is 0.311 e. The van der Waals surface area contributed by atoms with E-state index in [2.05, 4.69) is 9.72 Å². The zero-order chi connectivity index (χ0) is 13.0. The summed E-state index contributed by atoms with van der Waals surface area (Å²) in [7, 11) is 0. The van der Waals surface area contributed by atoms with Gasteiger partial charge in [0.25, 0.3) is 6.43 Å². The number of hydrogen-bond acceptors (Lipinski definition) is 4. The van der Waals surface area contributed by atoms with Crippen LogP contribution >= 0.6 is 0 Å². The number of carbonyl (C=O) groups is 1. The van der Waals surface area contributed by atoms with Crippen LogP contribution in [-0.2, 0) is 16.0 Å². The molecule has 0 atom stereocenters. The van der Waals surface area contributed by atoms with Crippen LogP contribution in [0.2, 0.25) is 0 Å². The van der Waals surface area contributed by atoms with Gasteiger partial charge in [-0.15, -0.1) is 0 Å².